The zero-order valence-corrected chi connectivity index (χ0v) is 47.8. The normalized spacial score (nSPS) is 19.7. The molecule has 8 atom stereocenters. The van der Waals surface area contributed by atoms with Crippen molar-refractivity contribution in [3.05, 3.63) is 91.0 Å². The van der Waals surface area contributed by atoms with Gasteiger partial charge in [-0.15, -0.1) is 0 Å². The first-order valence-electron chi connectivity index (χ1n) is 28.9. The lowest BCUT2D eigenvalue weighted by molar-refractivity contribution is -0.216. The Labute approximate surface area is 459 Å². The van der Waals surface area contributed by atoms with Gasteiger partial charge in [-0.2, -0.15) is 0 Å². The van der Waals surface area contributed by atoms with Gasteiger partial charge in [0, 0.05) is 12.8 Å². The first-order chi connectivity index (χ1) is 37.3. The third kappa shape index (κ3) is 27.3. The molecule has 3 aromatic rings. The number of aliphatic hydroxyl groups excluding tert-OH is 4. The van der Waals surface area contributed by atoms with Gasteiger partial charge in [0.2, 0.25) is 0 Å². The van der Waals surface area contributed by atoms with E-state index in [0.29, 0.717) is 12.8 Å². The Morgan fingerprint density at radius 3 is 1.06 bits per heavy atom. The second-order valence-corrected chi connectivity index (χ2v) is 23.3. The summed E-state index contributed by atoms with van der Waals surface area (Å²) in [5.74, 6) is -1.05. The van der Waals surface area contributed by atoms with Crippen LogP contribution in [0.2, 0.25) is 0 Å². The number of unbranched alkanes of at least 4 members (excludes halogenated alkanes) is 24. The average molecular weight is 1120 g/mol. The van der Waals surface area contributed by atoms with Crippen molar-refractivity contribution in [3.8, 4) is 17.2 Å². The van der Waals surface area contributed by atoms with Gasteiger partial charge >= 0.3 is 27.6 Å². The van der Waals surface area contributed by atoms with Gasteiger partial charge in [-0.25, -0.2) is 9.13 Å². The quantitative estimate of drug-likeness (QED) is 0.0235. The summed E-state index contributed by atoms with van der Waals surface area (Å²) < 4.78 is 74.5. The van der Waals surface area contributed by atoms with Crippen LogP contribution in [0.25, 0.3) is 0 Å². The first kappa shape index (κ1) is 65.7. The molecule has 3 aromatic carbocycles. The number of esters is 2. The molecule has 4 N–H and O–H groups in total. The minimum atomic E-state index is -5.05. The Kier molecular flexibility index (Phi) is 33.0. The number of hydrogen-bond acceptors (Lipinski definition) is 16. The lowest BCUT2D eigenvalue weighted by Gasteiger charge is -2.43. The van der Waals surface area contributed by atoms with Gasteiger partial charge in [0.1, 0.15) is 67.1 Å². The van der Waals surface area contributed by atoms with Crippen LogP contribution in [0.15, 0.2) is 91.0 Å². The SMILES string of the molecule is CCCCCCCCCCCCCCCC(=O)OC[C@H](COP(=O)(Oc1ccccc1)OC1[C@H](O)[C@H](O)C(OP(=O)(Oc2ccccc2)Oc2ccccc2)[C@H](O)[C@H]1O)OC(=O)CCCCCCCCCCCCCCC. The van der Waals surface area contributed by atoms with Gasteiger partial charge in [-0.1, -0.05) is 223 Å². The minimum absolute atomic E-state index is 0.0322. The zero-order chi connectivity index (χ0) is 55.4. The van der Waals surface area contributed by atoms with E-state index in [2.05, 4.69) is 13.8 Å². The number of phosphoric ester groups is 2. The number of carbonyl (C=O) groups is 2. The molecule has 0 saturated heterocycles. The number of hydrogen-bond donors (Lipinski definition) is 4. The standard InChI is InChI=1S/C59H92O16P2/c1-3-5-7-9-11-13-15-17-19-21-23-25-36-44-52(60)68-46-51(70-53(61)45-37-26-24-22-20-18-16-14-12-10-8-6-4-2)47-69-76(66,71-48-38-30-27-31-39-48)74-58-54(62)56(64)59(57(65)55(58)63)75-77(67,72-49-40-32-28-33-41-49)73-50-42-34-29-35-43-50/h27-35,38-43,51,54-59,62-65H,3-26,36-37,44-47H2,1-2H3/t51-,54-,55-,56-,57+,58?,59?,76?/m1/s1. The van der Waals surface area contributed by atoms with Gasteiger partial charge in [0.25, 0.3) is 0 Å². The molecule has 16 nitrogen and oxygen atoms in total. The summed E-state index contributed by atoms with van der Waals surface area (Å²) in [6.07, 6.45) is 15.8. The van der Waals surface area contributed by atoms with Crippen LogP contribution < -0.4 is 13.6 Å². The molecule has 0 spiro atoms. The molecule has 0 bridgehead atoms. The third-order valence-corrected chi connectivity index (χ3v) is 16.3. The number of phosphoric acid groups is 2. The molecule has 0 aliphatic heterocycles. The highest BCUT2D eigenvalue weighted by Crippen LogP contribution is 2.55. The molecule has 1 saturated carbocycles. The van der Waals surface area contributed by atoms with Crippen molar-refractivity contribution in [1.29, 1.82) is 0 Å². The van der Waals surface area contributed by atoms with E-state index in [-0.39, 0.29) is 30.1 Å². The third-order valence-electron chi connectivity index (χ3n) is 13.5. The minimum Gasteiger partial charge on any atom is -0.462 e. The van der Waals surface area contributed by atoms with E-state index in [0.717, 1.165) is 44.9 Å². The van der Waals surface area contributed by atoms with E-state index in [1.807, 2.05) is 0 Å². The summed E-state index contributed by atoms with van der Waals surface area (Å²) in [6, 6.07) is 23.3. The highest BCUT2D eigenvalue weighted by molar-refractivity contribution is 7.49. The van der Waals surface area contributed by atoms with Crippen LogP contribution in [-0.4, -0.2) is 88.3 Å². The number of para-hydroxylation sites is 3. The van der Waals surface area contributed by atoms with Gasteiger partial charge < -0.3 is 43.5 Å². The van der Waals surface area contributed by atoms with E-state index in [9.17, 15) is 39.1 Å². The van der Waals surface area contributed by atoms with E-state index < -0.39 is 83.5 Å². The monoisotopic (exact) mass is 1120 g/mol. The van der Waals surface area contributed by atoms with Crippen molar-refractivity contribution in [3.63, 3.8) is 0 Å². The summed E-state index contributed by atoms with van der Waals surface area (Å²) in [4.78, 5) is 26.3. The van der Waals surface area contributed by atoms with Gasteiger partial charge in [-0.3, -0.25) is 23.2 Å². The number of aliphatic hydroxyl groups is 4. The van der Waals surface area contributed by atoms with E-state index in [1.54, 1.807) is 54.6 Å². The average Bonchev–Trinajstić information content (AvgIpc) is 3.42. The van der Waals surface area contributed by atoms with Crippen LogP contribution >= 0.6 is 15.6 Å². The Bertz CT molecular complexity index is 2020. The maximum atomic E-state index is 14.7. The molecule has 1 fully saturated rings. The molecule has 18 heteroatoms. The molecule has 0 heterocycles. The Balaban J connectivity index is 1.39. The van der Waals surface area contributed by atoms with Crippen LogP contribution in [-0.2, 0) is 41.8 Å². The molecule has 0 aromatic heterocycles. The van der Waals surface area contributed by atoms with E-state index in [4.69, 9.17) is 36.6 Å². The predicted octanol–water partition coefficient (Wildman–Crippen LogP) is 14.1. The largest absolute Gasteiger partial charge is 0.588 e. The predicted molar refractivity (Wildman–Crippen MR) is 298 cm³/mol. The van der Waals surface area contributed by atoms with Crippen LogP contribution in [0.3, 0.4) is 0 Å². The second-order valence-electron chi connectivity index (χ2n) is 20.3. The van der Waals surface area contributed by atoms with Crippen LogP contribution in [0, 0.1) is 0 Å². The lowest BCUT2D eigenvalue weighted by Crippen LogP contribution is -2.64. The fourth-order valence-electron chi connectivity index (χ4n) is 9.07. The Morgan fingerprint density at radius 1 is 0.416 bits per heavy atom. The number of ether oxygens (including phenoxy) is 2. The van der Waals surface area contributed by atoms with Crippen molar-refractivity contribution in [2.75, 3.05) is 13.2 Å². The molecule has 0 amide bonds. The smallest absolute Gasteiger partial charge is 0.462 e. The van der Waals surface area contributed by atoms with Crippen molar-refractivity contribution in [2.24, 2.45) is 0 Å². The van der Waals surface area contributed by atoms with Gasteiger partial charge in [0.15, 0.2) is 6.10 Å². The van der Waals surface area contributed by atoms with E-state index in [1.165, 1.54) is 146 Å². The fraction of sp³-hybridized carbons (Fsp3) is 0.661. The molecule has 434 valence electrons. The number of rotatable bonds is 44. The summed E-state index contributed by atoms with van der Waals surface area (Å²) in [5.41, 5.74) is 0. The Morgan fingerprint density at radius 2 is 0.714 bits per heavy atom. The molecular weight excluding hydrogens is 1030 g/mol. The lowest BCUT2D eigenvalue weighted by atomic mass is 9.85. The second kappa shape index (κ2) is 38.7. The summed E-state index contributed by atoms with van der Waals surface area (Å²) in [5, 5.41) is 45.9. The molecular formula is C59H92O16P2. The van der Waals surface area contributed by atoms with Crippen molar-refractivity contribution < 1.29 is 75.8 Å². The molecule has 1 aliphatic carbocycles. The van der Waals surface area contributed by atoms with Gasteiger partial charge in [-0.05, 0) is 49.2 Å². The highest BCUT2D eigenvalue weighted by atomic mass is 31.2. The number of carbonyl (C=O) groups excluding carboxylic acids is 2. The molecule has 4 rings (SSSR count). The topological polar surface area (TPSA) is 223 Å². The maximum absolute atomic E-state index is 14.7. The van der Waals surface area contributed by atoms with E-state index >= 15 is 0 Å². The first-order valence-corrected chi connectivity index (χ1v) is 31.8. The Hall–Kier alpha value is -3.82. The van der Waals surface area contributed by atoms with Crippen molar-refractivity contribution in [2.45, 2.75) is 236 Å². The molecule has 77 heavy (non-hydrogen) atoms. The molecule has 1 aliphatic rings. The summed E-state index contributed by atoms with van der Waals surface area (Å²) in [7, 11) is -9.87. The van der Waals surface area contributed by atoms with Crippen molar-refractivity contribution >= 4 is 27.6 Å². The fourth-order valence-corrected chi connectivity index (χ4v) is 11.9. The summed E-state index contributed by atoms with van der Waals surface area (Å²) >= 11 is 0. The highest BCUT2D eigenvalue weighted by Gasteiger charge is 2.56. The summed E-state index contributed by atoms with van der Waals surface area (Å²) in [6.45, 7) is 3.30. The molecule has 3 unspecified atom stereocenters. The van der Waals surface area contributed by atoms with Crippen LogP contribution in [0.4, 0.5) is 0 Å². The molecule has 0 radical (unpaired) electrons. The van der Waals surface area contributed by atoms with Crippen LogP contribution in [0.1, 0.15) is 194 Å². The maximum Gasteiger partial charge on any atom is 0.588 e. The van der Waals surface area contributed by atoms with Gasteiger partial charge in [0.05, 0.1) is 0 Å². The van der Waals surface area contributed by atoms with Crippen LogP contribution in [0.5, 0.6) is 17.2 Å². The zero-order valence-electron chi connectivity index (χ0n) is 46.0. The van der Waals surface area contributed by atoms with Crippen molar-refractivity contribution in [1.82, 2.24) is 0 Å². The number of benzene rings is 3.